The number of carbonyl (C=O) groups excluding carboxylic acids is 1. The minimum Gasteiger partial charge on any atom is -0.468 e. The van der Waals surface area contributed by atoms with E-state index in [2.05, 4.69) is 9.96 Å². The molecule has 1 aromatic rings. The van der Waals surface area contributed by atoms with Gasteiger partial charge in [-0.15, -0.1) is 0 Å². The van der Waals surface area contributed by atoms with E-state index in [0.717, 1.165) is 11.1 Å². The second-order valence-corrected chi connectivity index (χ2v) is 3.71. The van der Waals surface area contributed by atoms with Crippen molar-refractivity contribution in [3.63, 3.8) is 0 Å². The van der Waals surface area contributed by atoms with Crippen molar-refractivity contribution in [3.05, 3.63) is 35.4 Å². The lowest BCUT2D eigenvalue weighted by Crippen LogP contribution is -2.39. The molecular formula is C11H16BNO3. The van der Waals surface area contributed by atoms with E-state index < -0.39 is 19.1 Å². The van der Waals surface area contributed by atoms with Crippen LogP contribution < -0.4 is 5.23 Å². The molecule has 4 nitrogen and oxygen atoms in total. The summed E-state index contributed by atoms with van der Waals surface area (Å²) < 4.78 is 4.69. The van der Waals surface area contributed by atoms with E-state index in [1.807, 2.05) is 31.2 Å². The first-order valence-corrected chi connectivity index (χ1v) is 5.13. The molecule has 86 valence electrons. The number of hydrogen-bond acceptors (Lipinski definition) is 4. The SMILES string of the molecule is COC(=O)[C@H](NB(C)O)c1ccc(C)cc1. The van der Waals surface area contributed by atoms with Gasteiger partial charge in [-0.25, -0.2) is 0 Å². The average Bonchev–Trinajstić information content (AvgIpc) is 2.26. The Balaban J connectivity index is 2.91. The Hall–Kier alpha value is -1.33. The van der Waals surface area contributed by atoms with Gasteiger partial charge in [-0.3, -0.25) is 4.79 Å². The number of nitrogens with one attached hydrogen (secondary N) is 1. The summed E-state index contributed by atoms with van der Waals surface area (Å²) in [5, 5.41) is 12.0. The molecule has 0 aliphatic rings. The molecule has 0 heterocycles. The first-order chi connectivity index (χ1) is 7.54. The van der Waals surface area contributed by atoms with Gasteiger partial charge in [0.1, 0.15) is 6.04 Å². The Morgan fingerprint density at radius 2 is 2.00 bits per heavy atom. The minimum atomic E-state index is -0.773. The van der Waals surface area contributed by atoms with Crippen LogP contribution in [0.1, 0.15) is 17.2 Å². The van der Waals surface area contributed by atoms with Crippen LogP contribution in [0.3, 0.4) is 0 Å². The number of methoxy groups -OCH3 is 1. The lowest BCUT2D eigenvalue weighted by Gasteiger charge is -2.17. The quantitative estimate of drug-likeness (QED) is 0.586. The maximum absolute atomic E-state index is 11.5. The van der Waals surface area contributed by atoms with Gasteiger partial charge in [0.25, 0.3) is 0 Å². The molecule has 0 radical (unpaired) electrons. The zero-order valence-corrected chi connectivity index (χ0v) is 9.73. The highest BCUT2D eigenvalue weighted by Crippen LogP contribution is 2.15. The Kier molecular flexibility index (Phi) is 4.52. The van der Waals surface area contributed by atoms with Gasteiger partial charge < -0.3 is 15.0 Å². The molecule has 0 aliphatic carbocycles. The van der Waals surface area contributed by atoms with Crippen molar-refractivity contribution >= 4 is 13.0 Å². The number of aryl methyl sites for hydroxylation is 1. The molecule has 1 atom stereocenters. The Morgan fingerprint density at radius 3 is 2.44 bits per heavy atom. The van der Waals surface area contributed by atoms with E-state index in [0.29, 0.717) is 0 Å². The van der Waals surface area contributed by atoms with Crippen molar-refractivity contribution in [3.8, 4) is 0 Å². The first-order valence-electron chi connectivity index (χ1n) is 5.13. The van der Waals surface area contributed by atoms with E-state index in [9.17, 15) is 9.82 Å². The van der Waals surface area contributed by atoms with Crippen LogP contribution in [0.4, 0.5) is 0 Å². The van der Waals surface area contributed by atoms with Gasteiger partial charge in [-0.2, -0.15) is 0 Å². The fourth-order valence-electron chi connectivity index (χ4n) is 1.42. The molecule has 2 N–H and O–H groups in total. The number of ether oxygens (including phenoxy) is 1. The van der Waals surface area contributed by atoms with Gasteiger partial charge in [0.05, 0.1) is 7.11 Å². The Labute approximate surface area is 95.8 Å². The van der Waals surface area contributed by atoms with Crippen molar-refractivity contribution < 1.29 is 14.6 Å². The van der Waals surface area contributed by atoms with Gasteiger partial charge in [0.2, 0.25) is 0 Å². The number of rotatable bonds is 4. The summed E-state index contributed by atoms with van der Waals surface area (Å²) in [7, 11) is 0.554. The molecule has 0 saturated heterocycles. The van der Waals surface area contributed by atoms with E-state index in [1.165, 1.54) is 7.11 Å². The molecule has 0 aromatic heterocycles. The van der Waals surface area contributed by atoms with Crippen molar-refractivity contribution in [1.29, 1.82) is 0 Å². The molecular weight excluding hydrogens is 205 g/mol. The van der Waals surface area contributed by atoms with E-state index in [-0.39, 0.29) is 0 Å². The Morgan fingerprint density at radius 1 is 1.44 bits per heavy atom. The predicted molar refractivity (Wildman–Crippen MR) is 62.9 cm³/mol. The number of benzene rings is 1. The Bertz CT molecular complexity index is 351. The number of carbonyl (C=O) groups is 1. The molecule has 0 aliphatic heterocycles. The summed E-state index contributed by atoms with van der Waals surface area (Å²) in [4.78, 5) is 11.5. The van der Waals surface area contributed by atoms with Crippen LogP contribution in [-0.2, 0) is 9.53 Å². The zero-order chi connectivity index (χ0) is 12.1. The van der Waals surface area contributed by atoms with E-state index >= 15 is 0 Å². The van der Waals surface area contributed by atoms with E-state index in [1.54, 1.807) is 6.82 Å². The van der Waals surface area contributed by atoms with Gasteiger partial charge >= 0.3 is 13.0 Å². The fourth-order valence-corrected chi connectivity index (χ4v) is 1.42. The highest BCUT2D eigenvalue weighted by Gasteiger charge is 2.23. The van der Waals surface area contributed by atoms with Gasteiger partial charge in [-0.1, -0.05) is 29.8 Å². The summed E-state index contributed by atoms with van der Waals surface area (Å²) in [6.45, 7) is 3.53. The summed E-state index contributed by atoms with van der Waals surface area (Å²) in [6, 6.07) is 6.87. The highest BCUT2D eigenvalue weighted by atomic mass is 16.5. The fraction of sp³-hybridized carbons (Fsp3) is 0.364. The molecule has 0 fully saturated rings. The largest absolute Gasteiger partial charge is 0.468 e. The summed E-state index contributed by atoms with van der Waals surface area (Å²) in [6.07, 6.45) is 0. The molecule has 0 bridgehead atoms. The molecule has 0 unspecified atom stereocenters. The van der Waals surface area contributed by atoms with E-state index in [4.69, 9.17) is 0 Å². The zero-order valence-electron chi connectivity index (χ0n) is 9.73. The molecule has 0 spiro atoms. The van der Waals surface area contributed by atoms with Crippen LogP contribution in [0.15, 0.2) is 24.3 Å². The number of hydrogen-bond donors (Lipinski definition) is 2. The third-order valence-corrected chi connectivity index (χ3v) is 2.26. The monoisotopic (exact) mass is 221 g/mol. The molecule has 5 heteroatoms. The second kappa shape index (κ2) is 5.68. The van der Waals surface area contributed by atoms with Crippen molar-refractivity contribution in [2.45, 2.75) is 19.8 Å². The van der Waals surface area contributed by atoms with Crippen LogP contribution in [-0.4, -0.2) is 25.2 Å². The van der Waals surface area contributed by atoms with Crippen molar-refractivity contribution in [1.82, 2.24) is 5.23 Å². The third kappa shape index (κ3) is 3.36. The van der Waals surface area contributed by atoms with Crippen LogP contribution >= 0.6 is 0 Å². The molecule has 16 heavy (non-hydrogen) atoms. The van der Waals surface area contributed by atoms with Crippen LogP contribution in [0.2, 0.25) is 6.82 Å². The lowest BCUT2D eigenvalue weighted by molar-refractivity contribution is -0.142. The minimum absolute atomic E-state index is 0.412. The second-order valence-electron chi connectivity index (χ2n) is 3.71. The molecule has 1 rings (SSSR count). The smallest absolute Gasteiger partial charge is 0.374 e. The maximum Gasteiger partial charge on any atom is 0.374 e. The standard InChI is InChI=1S/C11H16BNO3/c1-8-4-6-9(7-5-8)10(11(14)16-3)13-12(2)15/h4-7,10,13,15H,1-3H3/t10-/m1/s1. The van der Waals surface area contributed by atoms with Crippen molar-refractivity contribution in [2.75, 3.05) is 7.11 Å². The summed E-state index contributed by atoms with van der Waals surface area (Å²) in [5.74, 6) is -0.412. The lowest BCUT2D eigenvalue weighted by atomic mass is 9.86. The molecule has 0 amide bonds. The summed E-state index contributed by atoms with van der Waals surface area (Å²) >= 11 is 0. The predicted octanol–water partition coefficient (Wildman–Crippen LogP) is 0.909. The molecule has 0 saturated carbocycles. The average molecular weight is 221 g/mol. The topological polar surface area (TPSA) is 58.6 Å². The normalized spacial score (nSPS) is 12.0. The summed E-state index contributed by atoms with van der Waals surface area (Å²) in [5.41, 5.74) is 1.89. The van der Waals surface area contributed by atoms with Crippen LogP contribution in [0, 0.1) is 6.92 Å². The highest BCUT2D eigenvalue weighted by molar-refractivity contribution is 6.46. The van der Waals surface area contributed by atoms with Crippen LogP contribution in [0.5, 0.6) is 0 Å². The maximum atomic E-state index is 11.5. The molecule has 1 aromatic carbocycles. The first kappa shape index (κ1) is 12.7. The van der Waals surface area contributed by atoms with Crippen LogP contribution in [0.25, 0.3) is 0 Å². The number of esters is 1. The third-order valence-electron chi connectivity index (χ3n) is 2.26. The van der Waals surface area contributed by atoms with Crippen molar-refractivity contribution in [2.24, 2.45) is 0 Å². The van der Waals surface area contributed by atoms with Gasteiger partial charge in [0.15, 0.2) is 0 Å². The van der Waals surface area contributed by atoms with Gasteiger partial charge in [0, 0.05) is 0 Å². The van der Waals surface area contributed by atoms with Gasteiger partial charge in [-0.05, 0) is 19.3 Å².